The van der Waals surface area contributed by atoms with Crippen molar-refractivity contribution < 1.29 is 28.8 Å². The molecule has 4 aromatic rings. The topological polar surface area (TPSA) is 90.4 Å². The molecule has 1 heterocycles. The van der Waals surface area contributed by atoms with E-state index in [4.69, 9.17) is 18.9 Å². The number of aromatic hydroxyl groups is 1. The standard InChI is InChI=1S/C26H25BrN2O6S2/c1-32-20-7-5-15(9-19(20)30)13-29(17-11-21(33-2)25(35-4)22(12-17)34-3)24(31)14-36-26-28-18-10-16(27)6-8-23(18)37-26/h5-12,30H,13-14H2,1-4H3. The van der Waals surface area contributed by atoms with Crippen molar-refractivity contribution >= 4 is 60.8 Å². The second kappa shape index (κ2) is 11.9. The van der Waals surface area contributed by atoms with E-state index in [2.05, 4.69) is 20.9 Å². The van der Waals surface area contributed by atoms with E-state index in [1.807, 2.05) is 18.2 Å². The second-order valence-corrected chi connectivity index (χ2v) is 10.9. The first-order valence-electron chi connectivity index (χ1n) is 11.0. The van der Waals surface area contributed by atoms with Gasteiger partial charge in [0.25, 0.3) is 0 Å². The molecule has 4 rings (SSSR count). The summed E-state index contributed by atoms with van der Waals surface area (Å²) in [5.41, 5.74) is 2.16. The molecule has 0 radical (unpaired) electrons. The van der Waals surface area contributed by atoms with Crippen LogP contribution in [0, 0.1) is 0 Å². The molecule has 0 saturated heterocycles. The van der Waals surface area contributed by atoms with E-state index >= 15 is 0 Å². The molecule has 194 valence electrons. The van der Waals surface area contributed by atoms with Crippen LogP contribution >= 0.6 is 39.0 Å². The van der Waals surface area contributed by atoms with Gasteiger partial charge in [-0.15, -0.1) is 11.3 Å². The maximum Gasteiger partial charge on any atom is 0.237 e. The number of fused-ring (bicyclic) bond motifs is 1. The maximum absolute atomic E-state index is 13.6. The Morgan fingerprint density at radius 1 is 0.973 bits per heavy atom. The Labute approximate surface area is 231 Å². The van der Waals surface area contributed by atoms with E-state index in [-0.39, 0.29) is 24.0 Å². The third-order valence-corrected chi connectivity index (χ3v) is 8.15. The van der Waals surface area contributed by atoms with Gasteiger partial charge in [0.15, 0.2) is 27.3 Å². The molecule has 1 aromatic heterocycles. The monoisotopic (exact) mass is 604 g/mol. The highest BCUT2D eigenvalue weighted by Crippen LogP contribution is 2.42. The summed E-state index contributed by atoms with van der Waals surface area (Å²) in [5.74, 6) is 1.63. The smallest absolute Gasteiger partial charge is 0.237 e. The van der Waals surface area contributed by atoms with Crippen LogP contribution in [0.5, 0.6) is 28.7 Å². The first kappa shape index (κ1) is 26.9. The quantitative estimate of drug-likeness (QED) is 0.216. The van der Waals surface area contributed by atoms with Crippen molar-refractivity contribution in [1.29, 1.82) is 0 Å². The number of hydrogen-bond donors (Lipinski definition) is 1. The third kappa shape index (κ3) is 6.06. The average molecular weight is 606 g/mol. The minimum Gasteiger partial charge on any atom is -0.504 e. The van der Waals surface area contributed by atoms with Crippen molar-refractivity contribution in [3.8, 4) is 28.7 Å². The Balaban J connectivity index is 1.66. The Bertz CT molecular complexity index is 1400. The molecule has 0 bridgehead atoms. The van der Waals surface area contributed by atoms with Gasteiger partial charge in [0.1, 0.15) is 0 Å². The van der Waals surface area contributed by atoms with Crippen LogP contribution in [0.1, 0.15) is 5.56 Å². The lowest BCUT2D eigenvalue weighted by Crippen LogP contribution is -2.32. The van der Waals surface area contributed by atoms with Crippen molar-refractivity contribution in [3.63, 3.8) is 0 Å². The Morgan fingerprint density at radius 2 is 1.68 bits per heavy atom. The molecule has 0 aliphatic rings. The van der Waals surface area contributed by atoms with Gasteiger partial charge < -0.3 is 29.0 Å². The van der Waals surface area contributed by atoms with E-state index < -0.39 is 0 Å². The Hall–Kier alpha value is -3.15. The molecule has 3 aromatic carbocycles. The van der Waals surface area contributed by atoms with E-state index in [1.54, 1.807) is 35.2 Å². The van der Waals surface area contributed by atoms with Crippen LogP contribution < -0.4 is 23.8 Å². The molecule has 0 atom stereocenters. The number of amides is 1. The summed E-state index contributed by atoms with van der Waals surface area (Å²) in [4.78, 5) is 19.9. The largest absolute Gasteiger partial charge is 0.504 e. The van der Waals surface area contributed by atoms with Gasteiger partial charge in [0.05, 0.1) is 56.6 Å². The van der Waals surface area contributed by atoms with Crippen LogP contribution in [0.2, 0.25) is 0 Å². The van der Waals surface area contributed by atoms with Gasteiger partial charge in [-0.1, -0.05) is 33.8 Å². The summed E-state index contributed by atoms with van der Waals surface area (Å²) in [6.07, 6.45) is 0. The lowest BCUT2D eigenvalue weighted by Gasteiger charge is -2.25. The number of carbonyl (C=O) groups excluding carboxylic acids is 1. The van der Waals surface area contributed by atoms with Crippen molar-refractivity contribution in [3.05, 3.63) is 58.6 Å². The fourth-order valence-electron chi connectivity index (χ4n) is 3.71. The van der Waals surface area contributed by atoms with E-state index in [1.165, 1.54) is 51.5 Å². The van der Waals surface area contributed by atoms with Gasteiger partial charge in [-0.25, -0.2) is 4.98 Å². The summed E-state index contributed by atoms with van der Waals surface area (Å²) >= 11 is 6.38. The fraction of sp³-hybridized carbons (Fsp3) is 0.231. The Morgan fingerprint density at radius 3 is 2.30 bits per heavy atom. The molecule has 0 fully saturated rings. The minimum atomic E-state index is -0.157. The number of rotatable bonds is 10. The van der Waals surface area contributed by atoms with Crippen LogP contribution in [-0.2, 0) is 11.3 Å². The number of methoxy groups -OCH3 is 4. The van der Waals surface area contributed by atoms with Gasteiger partial charge in [-0.2, -0.15) is 0 Å². The summed E-state index contributed by atoms with van der Waals surface area (Å²) in [5, 5.41) is 10.3. The molecule has 0 aliphatic carbocycles. The van der Waals surface area contributed by atoms with Gasteiger partial charge in [0.2, 0.25) is 11.7 Å². The average Bonchev–Trinajstić information content (AvgIpc) is 3.31. The van der Waals surface area contributed by atoms with E-state index in [9.17, 15) is 9.90 Å². The number of thiazole rings is 1. The molecule has 0 unspecified atom stereocenters. The minimum absolute atomic E-state index is 0.00713. The molecule has 0 spiro atoms. The number of nitrogens with zero attached hydrogens (tertiary/aromatic N) is 2. The fourth-order valence-corrected chi connectivity index (χ4v) is 5.98. The van der Waals surface area contributed by atoms with Gasteiger partial charge in [-0.05, 0) is 35.9 Å². The lowest BCUT2D eigenvalue weighted by molar-refractivity contribution is -0.116. The van der Waals surface area contributed by atoms with Crippen LogP contribution in [0.3, 0.4) is 0 Å². The number of anilines is 1. The molecule has 11 heteroatoms. The number of ether oxygens (including phenoxy) is 4. The first-order chi connectivity index (χ1) is 17.9. The third-order valence-electron chi connectivity index (χ3n) is 5.50. The zero-order valence-electron chi connectivity index (χ0n) is 20.6. The van der Waals surface area contributed by atoms with Crippen molar-refractivity contribution in [2.75, 3.05) is 39.1 Å². The summed E-state index contributed by atoms with van der Waals surface area (Å²) in [6, 6.07) is 14.4. The van der Waals surface area contributed by atoms with Crippen molar-refractivity contribution in [2.45, 2.75) is 10.9 Å². The van der Waals surface area contributed by atoms with E-state index in [0.29, 0.717) is 28.7 Å². The Kier molecular flexibility index (Phi) is 8.67. The van der Waals surface area contributed by atoms with E-state index in [0.717, 1.165) is 24.6 Å². The molecule has 37 heavy (non-hydrogen) atoms. The number of halogens is 1. The molecule has 1 amide bonds. The number of aromatic nitrogens is 1. The highest BCUT2D eigenvalue weighted by molar-refractivity contribution is 9.10. The molecule has 0 aliphatic heterocycles. The van der Waals surface area contributed by atoms with Crippen molar-refractivity contribution in [1.82, 2.24) is 4.98 Å². The summed E-state index contributed by atoms with van der Waals surface area (Å²) in [6.45, 7) is 0.197. The van der Waals surface area contributed by atoms with Gasteiger partial charge in [0, 0.05) is 16.6 Å². The van der Waals surface area contributed by atoms with Crippen LogP contribution in [-0.4, -0.2) is 50.2 Å². The highest BCUT2D eigenvalue weighted by Gasteiger charge is 2.23. The molecular formula is C26H25BrN2O6S2. The number of hydrogen-bond acceptors (Lipinski definition) is 9. The maximum atomic E-state index is 13.6. The molecule has 8 nitrogen and oxygen atoms in total. The predicted molar refractivity (Wildman–Crippen MR) is 150 cm³/mol. The highest BCUT2D eigenvalue weighted by atomic mass is 79.9. The normalized spacial score (nSPS) is 10.8. The van der Waals surface area contributed by atoms with Gasteiger partial charge in [-0.3, -0.25) is 4.79 Å². The first-order valence-corrected chi connectivity index (χ1v) is 13.6. The zero-order chi connectivity index (χ0) is 26.5. The molecular weight excluding hydrogens is 580 g/mol. The molecule has 1 N–H and O–H groups in total. The number of phenolic OH excluding ortho intramolecular Hbond substituents is 1. The number of carbonyl (C=O) groups is 1. The zero-order valence-corrected chi connectivity index (χ0v) is 23.8. The number of thioether (sulfide) groups is 1. The number of benzene rings is 3. The lowest BCUT2D eigenvalue weighted by atomic mass is 10.1. The summed E-state index contributed by atoms with van der Waals surface area (Å²) < 4.78 is 24.4. The van der Waals surface area contributed by atoms with Crippen LogP contribution in [0.25, 0.3) is 10.2 Å². The van der Waals surface area contributed by atoms with Crippen LogP contribution in [0.4, 0.5) is 5.69 Å². The second-order valence-electron chi connectivity index (χ2n) is 7.75. The predicted octanol–water partition coefficient (Wildman–Crippen LogP) is 6.12. The SMILES string of the molecule is COc1ccc(CN(C(=O)CSc2nc3cc(Br)ccc3s2)c2cc(OC)c(OC)c(OC)c2)cc1O. The van der Waals surface area contributed by atoms with Gasteiger partial charge >= 0.3 is 0 Å². The molecule has 0 saturated carbocycles. The summed E-state index contributed by atoms with van der Waals surface area (Å²) in [7, 11) is 6.06. The van der Waals surface area contributed by atoms with Crippen molar-refractivity contribution in [2.24, 2.45) is 0 Å². The van der Waals surface area contributed by atoms with Crippen LogP contribution in [0.15, 0.2) is 57.3 Å². The number of phenols is 1.